The van der Waals surface area contributed by atoms with Crippen molar-refractivity contribution in [2.45, 2.75) is 33.4 Å². The lowest BCUT2D eigenvalue weighted by Gasteiger charge is -2.10. The predicted molar refractivity (Wildman–Crippen MR) is 112 cm³/mol. The van der Waals surface area contributed by atoms with E-state index in [4.69, 9.17) is 4.42 Å². The molecule has 0 aliphatic rings. The third-order valence-corrected chi connectivity index (χ3v) is 5.38. The molecule has 0 saturated heterocycles. The summed E-state index contributed by atoms with van der Waals surface area (Å²) in [5.41, 5.74) is 1.33. The fourth-order valence-electron chi connectivity index (χ4n) is 3.12. The van der Waals surface area contributed by atoms with Gasteiger partial charge in [-0.1, -0.05) is 12.1 Å². The number of fused-ring (bicyclic) bond motifs is 1. The van der Waals surface area contributed by atoms with E-state index in [0.29, 0.717) is 28.2 Å². The van der Waals surface area contributed by atoms with Crippen LogP contribution in [-0.4, -0.2) is 20.4 Å². The van der Waals surface area contributed by atoms with Crippen LogP contribution >= 0.6 is 11.3 Å². The van der Waals surface area contributed by atoms with Crippen molar-refractivity contribution in [2.24, 2.45) is 0 Å². The van der Waals surface area contributed by atoms with Gasteiger partial charge >= 0.3 is 0 Å². The molecule has 7 nitrogen and oxygen atoms in total. The van der Waals surface area contributed by atoms with E-state index in [-0.39, 0.29) is 31.0 Å². The molecule has 0 aliphatic carbocycles. The number of nitrogens with one attached hydrogen (secondary N) is 1. The molecule has 8 heteroatoms. The molecule has 3 aromatic heterocycles. The van der Waals surface area contributed by atoms with E-state index in [2.05, 4.69) is 15.3 Å². The monoisotopic (exact) mass is 408 g/mol. The van der Waals surface area contributed by atoms with Crippen LogP contribution in [0.4, 0.5) is 0 Å². The van der Waals surface area contributed by atoms with E-state index in [0.717, 1.165) is 10.7 Å². The van der Waals surface area contributed by atoms with Gasteiger partial charge in [0.2, 0.25) is 5.91 Å². The number of aryl methyl sites for hydroxylation is 2. The highest BCUT2D eigenvalue weighted by Crippen LogP contribution is 2.23. The van der Waals surface area contributed by atoms with Crippen LogP contribution in [0, 0.1) is 13.8 Å². The smallest absolute Gasteiger partial charge is 0.261 e. The highest BCUT2D eigenvalue weighted by atomic mass is 32.1. The van der Waals surface area contributed by atoms with Gasteiger partial charge in [0.15, 0.2) is 5.76 Å². The molecule has 29 heavy (non-hydrogen) atoms. The van der Waals surface area contributed by atoms with E-state index in [1.807, 2.05) is 42.6 Å². The highest BCUT2D eigenvalue weighted by Gasteiger charge is 2.11. The molecule has 0 spiro atoms. The van der Waals surface area contributed by atoms with Gasteiger partial charge in [0, 0.05) is 18.3 Å². The van der Waals surface area contributed by atoms with Gasteiger partial charge in [0.05, 0.1) is 22.5 Å². The van der Waals surface area contributed by atoms with Gasteiger partial charge in [0.1, 0.15) is 17.3 Å². The maximum absolute atomic E-state index is 12.7. The molecule has 4 rings (SSSR count). The summed E-state index contributed by atoms with van der Waals surface area (Å²) in [5, 5.41) is 6.29. The molecule has 148 valence electrons. The van der Waals surface area contributed by atoms with Gasteiger partial charge in [-0.15, -0.1) is 11.3 Å². The first-order valence-electron chi connectivity index (χ1n) is 9.25. The second-order valence-corrected chi connectivity index (χ2v) is 7.74. The molecular formula is C21H20N4O3S. The number of carbonyl (C=O) groups excluding carboxylic acids is 1. The number of thiazole rings is 1. The molecule has 1 amide bonds. The summed E-state index contributed by atoms with van der Waals surface area (Å²) >= 11 is 1.56. The Morgan fingerprint density at radius 3 is 2.79 bits per heavy atom. The van der Waals surface area contributed by atoms with Crippen molar-refractivity contribution in [1.29, 1.82) is 0 Å². The zero-order valence-corrected chi connectivity index (χ0v) is 17.0. The first-order valence-corrected chi connectivity index (χ1v) is 10.1. The van der Waals surface area contributed by atoms with Crippen molar-refractivity contribution in [3.8, 4) is 11.5 Å². The predicted octanol–water partition coefficient (Wildman–Crippen LogP) is 3.44. The van der Waals surface area contributed by atoms with Crippen LogP contribution in [0.25, 0.3) is 22.4 Å². The number of nitrogens with zero attached hydrogens (tertiary/aromatic N) is 3. The molecule has 0 fully saturated rings. The lowest BCUT2D eigenvalue weighted by molar-refractivity contribution is -0.121. The Kier molecular flexibility index (Phi) is 5.26. The van der Waals surface area contributed by atoms with Gasteiger partial charge in [-0.3, -0.25) is 14.2 Å². The molecule has 1 aromatic carbocycles. The van der Waals surface area contributed by atoms with Gasteiger partial charge in [0.25, 0.3) is 5.56 Å². The Hall–Kier alpha value is -3.26. The number of rotatable bonds is 6. The molecule has 0 unspecified atom stereocenters. The Morgan fingerprint density at radius 2 is 2.00 bits per heavy atom. The fourth-order valence-corrected chi connectivity index (χ4v) is 3.72. The van der Waals surface area contributed by atoms with Gasteiger partial charge in [-0.05, 0) is 38.1 Å². The Bertz CT molecular complexity index is 1240. The van der Waals surface area contributed by atoms with Crippen LogP contribution in [0.5, 0.6) is 0 Å². The van der Waals surface area contributed by atoms with Crippen LogP contribution in [0.3, 0.4) is 0 Å². The van der Waals surface area contributed by atoms with Crippen molar-refractivity contribution in [1.82, 2.24) is 19.9 Å². The summed E-state index contributed by atoms with van der Waals surface area (Å²) in [6.07, 6.45) is 0.180. The molecular weight excluding hydrogens is 388 g/mol. The minimum atomic E-state index is -0.160. The summed E-state index contributed by atoms with van der Waals surface area (Å²) in [6.45, 7) is 4.27. The molecule has 4 aromatic rings. The second-order valence-electron chi connectivity index (χ2n) is 6.68. The third kappa shape index (κ3) is 4.12. The maximum Gasteiger partial charge on any atom is 0.261 e. The van der Waals surface area contributed by atoms with E-state index < -0.39 is 0 Å². The minimum Gasteiger partial charge on any atom is -0.458 e. The zero-order chi connectivity index (χ0) is 20.4. The Morgan fingerprint density at radius 1 is 1.17 bits per heavy atom. The van der Waals surface area contributed by atoms with Crippen LogP contribution in [0.15, 0.2) is 51.0 Å². The number of benzene rings is 1. The van der Waals surface area contributed by atoms with E-state index in [1.54, 1.807) is 24.3 Å². The van der Waals surface area contributed by atoms with Crippen LogP contribution in [0.1, 0.15) is 23.0 Å². The quantitative estimate of drug-likeness (QED) is 0.528. The number of hydrogen-bond acceptors (Lipinski definition) is 6. The topological polar surface area (TPSA) is 90.0 Å². The normalized spacial score (nSPS) is 11.1. The van der Waals surface area contributed by atoms with E-state index in [1.165, 1.54) is 4.57 Å². The SMILES string of the molecule is Cc1nc(-c2ccc(CNC(=O)CCn3c(C)nc4ccccc4c3=O)o2)cs1. The van der Waals surface area contributed by atoms with Crippen LogP contribution < -0.4 is 10.9 Å². The Labute approximate surface area is 171 Å². The van der Waals surface area contributed by atoms with Crippen LogP contribution in [0.2, 0.25) is 0 Å². The highest BCUT2D eigenvalue weighted by molar-refractivity contribution is 7.09. The molecule has 0 radical (unpaired) electrons. The molecule has 3 heterocycles. The number of aromatic nitrogens is 3. The second kappa shape index (κ2) is 8.00. The van der Waals surface area contributed by atoms with Gasteiger partial charge in [-0.2, -0.15) is 0 Å². The number of amides is 1. The fraction of sp³-hybridized carbons (Fsp3) is 0.238. The molecule has 0 saturated carbocycles. The van der Waals surface area contributed by atoms with Gasteiger partial charge < -0.3 is 9.73 Å². The molecule has 0 bridgehead atoms. The number of carbonyl (C=O) groups is 1. The summed E-state index contributed by atoms with van der Waals surface area (Å²) in [7, 11) is 0. The zero-order valence-electron chi connectivity index (χ0n) is 16.1. The number of hydrogen-bond donors (Lipinski definition) is 1. The van der Waals surface area contributed by atoms with Crippen molar-refractivity contribution in [3.05, 3.63) is 68.7 Å². The Balaban J connectivity index is 1.37. The van der Waals surface area contributed by atoms with Crippen LogP contribution in [-0.2, 0) is 17.9 Å². The van der Waals surface area contributed by atoms with Crippen molar-refractivity contribution >= 4 is 28.1 Å². The summed E-state index contributed by atoms with van der Waals surface area (Å²) in [5.74, 6) is 1.77. The average Bonchev–Trinajstić information content (AvgIpc) is 3.35. The minimum absolute atomic E-state index is 0.130. The molecule has 1 N–H and O–H groups in total. The van der Waals surface area contributed by atoms with Crippen molar-refractivity contribution < 1.29 is 9.21 Å². The number of furan rings is 1. The summed E-state index contributed by atoms with van der Waals surface area (Å²) in [4.78, 5) is 33.8. The molecule has 0 atom stereocenters. The van der Waals surface area contributed by atoms with Gasteiger partial charge in [-0.25, -0.2) is 9.97 Å². The van der Waals surface area contributed by atoms with Crippen molar-refractivity contribution in [3.63, 3.8) is 0 Å². The molecule has 0 aliphatic heterocycles. The lowest BCUT2D eigenvalue weighted by Crippen LogP contribution is -2.28. The third-order valence-electron chi connectivity index (χ3n) is 4.61. The average molecular weight is 408 g/mol. The first-order chi connectivity index (χ1) is 14.0. The first kappa shape index (κ1) is 19.1. The largest absolute Gasteiger partial charge is 0.458 e. The summed E-state index contributed by atoms with van der Waals surface area (Å²) < 4.78 is 7.29. The standard InChI is InChI=1S/C21H20N4O3S/c1-13-23-17-6-4-3-5-16(17)21(27)25(13)10-9-20(26)22-11-15-7-8-19(28-15)18-12-29-14(2)24-18/h3-8,12H,9-11H2,1-2H3,(H,22,26). The maximum atomic E-state index is 12.7. The number of para-hydroxylation sites is 1. The summed E-state index contributed by atoms with van der Waals surface area (Å²) in [6, 6.07) is 10.9. The van der Waals surface area contributed by atoms with E-state index in [9.17, 15) is 9.59 Å². The van der Waals surface area contributed by atoms with E-state index >= 15 is 0 Å². The van der Waals surface area contributed by atoms with Crippen molar-refractivity contribution in [2.75, 3.05) is 0 Å². The lowest BCUT2D eigenvalue weighted by atomic mass is 10.2.